The highest BCUT2D eigenvalue weighted by Gasteiger charge is 2.45. The molecule has 2 atom stereocenters. The zero-order valence-corrected chi connectivity index (χ0v) is 13.9. The lowest BCUT2D eigenvalue weighted by Crippen LogP contribution is -2.36. The Morgan fingerprint density at radius 2 is 1.92 bits per heavy atom. The molecule has 0 spiro atoms. The smallest absolute Gasteiger partial charge is 0.245 e. The molecule has 1 N–H and O–H groups in total. The summed E-state index contributed by atoms with van der Waals surface area (Å²) < 4.78 is 0. The van der Waals surface area contributed by atoms with Gasteiger partial charge in [0.2, 0.25) is 11.8 Å². The van der Waals surface area contributed by atoms with Crippen LogP contribution in [-0.4, -0.2) is 35.3 Å². The summed E-state index contributed by atoms with van der Waals surface area (Å²) in [6, 6.07) is 15.5. The Bertz CT molecular complexity index is 745. The van der Waals surface area contributed by atoms with E-state index in [1.165, 1.54) is 10.5 Å². The monoisotopic (exact) mass is 323 g/mol. The number of benzene rings is 1. The number of hydrogen-bond donors (Lipinski definition) is 1. The summed E-state index contributed by atoms with van der Waals surface area (Å²) in [5.74, 6) is 0.566. The average Bonchev–Trinajstić information content (AvgIpc) is 3.35. The van der Waals surface area contributed by atoms with Gasteiger partial charge in [-0.1, -0.05) is 36.4 Å². The summed E-state index contributed by atoms with van der Waals surface area (Å²) in [6.45, 7) is 1.90. The molecule has 1 aliphatic carbocycles. The van der Waals surface area contributed by atoms with Crippen LogP contribution in [0.25, 0.3) is 0 Å². The Morgan fingerprint density at radius 3 is 2.62 bits per heavy atom. The number of pyridine rings is 1. The maximum Gasteiger partial charge on any atom is 0.245 e. The highest BCUT2D eigenvalue weighted by Crippen LogP contribution is 2.48. The standard InChI is InChI=1S/C19H21N3O2/c1-13-7-6-10-17(20-13)21-18(23)12-22(2)19(24)16-11-15(16)14-8-4-3-5-9-14/h3-10,15-16H,11-12H2,1-2H3,(H,20,21,23)/t15-,16-/m1/s1. The molecule has 0 bridgehead atoms. The summed E-state index contributed by atoms with van der Waals surface area (Å²) in [5.41, 5.74) is 2.03. The minimum atomic E-state index is -0.235. The van der Waals surface area contributed by atoms with Crippen molar-refractivity contribution in [3.05, 3.63) is 59.8 Å². The van der Waals surface area contributed by atoms with Gasteiger partial charge in [-0.05, 0) is 37.0 Å². The zero-order valence-electron chi connectivity index (χ0n) is 13.9. The number of carbonyl (C=O) groups is 2. The van der Waals surface area contributed by atoms with Crippen LogP contribution < -0.4 is 5.32 Å². The Morgan fingerprint density at radius 1 is 1.17 bits per heavy atom. The third-order valence-corrected chi connectivity index (χ3v) is 4.25. The minimum Gasteiger partial charge on any atom is -0.336 e. The predicted octanol–water partition coefficient (Wildman–Crippen LogP) is 2.59. The van der Waals surface area contributed by atoms with Crippen molar-refractivity contribution in [1.82, 2.24) is 9.88 Å². The first-order valence-corrected chi connectivity index (χ1v) is 8.08. The van der Waals surface area contributed by atoms with E-state index in [9.17, 15) is 9.59 Å². The van der Waals surface area contributed by atoms with Crippen LogP contribution in [0, 0.1) is 12.8 Å². The molecule has 5 heteroatoms. The molecule has 2 aromatic rings. The van der Waals surface area contributed by atoms with Gasteiger partial charge in [-0.15, -0.1) is 0 Å². The normalized spacial score (nSPS) is 18.8. The molecule has 0 aliphatic heterocycles. The van der Waals surface area contributed by atoms with E-state index in [4.69, 9.17) is 0 Å². The van der Waals surface area contributed by atoms with E-state index in [-0.39, 0.29) is 30.2 Å². The summed E-state index contributed by atoms with van der Waals surface area (Å²) in [7, 11) is 1.67. The van der Waals surface area contributed by atoms with Crippen molar-refractivity contribution in [3.8, 4) is 0 Å². The van der Waals surface area contributed by atoms with Crippen LogP contribution in [0.15, 0.2) is 48.5 Å². The maximum atomic E-state index is 12.5. The fourth-order valence-corrected chi connectivity index (χ4v) is 2.91. The van der Waals surface area contributed by atoms with Gasteiger partial charge in [0.05, 0.1) is 6.54 Å². The Balaban J connectivity index is 1.52. The minimum absolute atomic E-state index is 0.0118. The number of aromatic nitrogens is 1. The van der Waals surface area contributed by atoms with Crippen molar-refractivity contribution in [3.63, 3.8) is 0 Å². The fourth-order valence-electron chi connectivity index (χ4n) is 2.91. The van der Waals surface area contributed by atoms with Gasteiger partial charge in [0.1, 0.15) is 5.82 Å². The lowest BCUT2D eigenvalue weighted by molar-refractivity contribution is -0.134. The van der Waals surface area contributed by atoms with E-state index >= 15 is 0 Å². The molecule has 124 valence electrons. The molecule has 1 fully saturated rings. The molecule has 5 nitrogen and oxygen atoms in total. The molecule has 1 aliphatic rings. The topological polar surface area (TPSA) is 62.3 Å². The Kier molecular flexibility index (Phi) is 4.60. The lowest BCUT2D eigenvalue weighted by atomic mass is 10.1. The molecule has 24 heavy (non-hydrogen) atoms. The quantitative estimate of drug-likeness (QED) is 0.920. The second-order valence-electron chi connectivity index (χ2n) is 6.27. The predicted molar refractivity (Wildman–Crippen MR) is 92.5 cm³/mol. The molecule has 0 radical (unpaired) electrons. The van der Waals surface area contributed by atoms with Crippen molar-refractivity contribution in [2.75, 3.05) is 18.9 Å². The van der Waals surface area contributed by atoms with E-state index < -0.39 is 0 Å². The maximum absolute atomic E-state index is 12.5. The second kappa shape index (κ2) is 6.83. The van der Waals surface area contributed by atoms with Gasteiger partial charge >= 0.3 is 0 Å². The first-order valence-electron chi connectivity index (χ1n) is 8.08. The lowest BCUT2D eigenvalue weighted by Gasteiger charge is -2.17. The van der Waals surface area contributed by atoms with E-state index in [1.807, 2.05) is 49.4 Å². The van der Waals surface area contributed by atoms with Gasteiger partial charge in [-0.2, -0.15) is 0 Å². The van der Waals surface area contributed by atoms with E-state index in [1.54, 1.807) is 13.1 Å². The van der Waals surface area contributed by atoms with Crippen LogP contribution in [0.3, 0.4) is 0 Å². The second-order valence-corrected chi connectivity index (χ2v) is 6.27. The number of hydrogen-bond acceptors (Lipinski definition) is 3. The number of nitrogens with one attached hydrogen (secondary N) is 1. The highest BCUT2D eigenvalue weighted by atomic mass is 16.2. The van der Waals surface area contributed by atoms with Crippen molar-refractivity contribution in [2.24, 2.45) is 5.92 Å². The van der Waals surface area contributed by atoms with Gasteiger partial charge in [0.25, 0.3) is 0 Å². The number of amides is 2. The molecule has 1 heterocycles. The molecule has 2 amide bonds. The summed E-state index contributed by atoms with van der Waals surface area (Å²) in [4.78, 5) is 30.3. The van der Waals surface area contributed by atoms with Gasteiger partial charge in [-0.3, -0.25) is 9.59 Å². The van der Waals surface area contributed by atoms with Crippen molar-refractivity contribution >= 4 is 17.6 Å². The van der Waals surface area contributed by atoms with Gasteiger partial charge in [-0.25, -0.2) is 4.98 Å². The van der Waals surface area contributed by atoms with E-state index in [0.717, 1.165) is 12.1 Å². The van der Waals surface area contributed by atoms with Crippen LogP contribution in [0.2, 0.25) is 0 Å². The number of anilines is 1. The summed E-state index contributed by atoms with van der Waals surface area (Å²) >= 11 is 0. The number of carbonyl (C=O) groups excluding carboxylic acids is 2. The zero-order chi connectivity index (χ0) is 17.1. The van der Waals surface area contributed by atoms with Crippen LogP contribution in [0.1, 0.15) is 23.6 Å². The fraction of sp³-hybridized carbons (Fsp3) is 0.316. The molecule has 1 aromatic carbocycles. The number of nitrogens with zero attached hydrogens (tertiary/aromatic N) is 2. The number of rotatable bonds is 5. The van der Waals surface area contributed by atoms with Crippen molar-refractivity contribution in [2.45, 2.75) is 19.3 Å². The molecule has 0 saturated heterocycles. The van der Waals surface area contributed by atoms with Crippen LogP contribution in [-0.2, 0) is 9.59 Å². The summed E-state index contributed by atoms with van der Waals surface area (Å²) in [5, 5.41) is 2.73. The van der Waals surface area contributed by atoms with Crippen molar-refractivity contribution < 1.29 is 9.59 Å². The average molecular weight is 323 g/mol. The third kappa shape index (κ3) is 3.79. The first-order chi connectivity index (χ1) is 11.5. The molecule has 1 aromatic heterocycles. The van der Waals surface area contributed by atoms with Gasteiger partial charge < -0.3 is 10.2 Å². The Hall–Kier alpha value is -2.69. The SMILES string of the molecule is Cc1cccc(NC(=O)CN(C)C(=O)[C@@H]2C[C@@H]2c2ccccc2)n1. The largest absolute Gasteiger partial charge is 0.336 e. The molecule has 0 unspecified atom stereocenters. The third-order valence-electron chi connectivity index (χ3n) is 4.25. The van der Waals surface area contributed by atoms with Gasteiger partial charge in [0.15, 0.2) is 0 Å². The molecular weight excluding hydrogens is 302 g/mol. The Labute approximate surface area is 141 Å². The van der Waals surface area contributed by atoms with Gasteiger partial charge in [0, 0.05) is 18.7 Å². The van der Waals surface area contributed by atoms with E-state index in [2.05, 4.69) is 10.3 Å². The molecule has 3 rings (SSSR count). The van der Waals surface area contributed by atoms with Crippen LogP contribution >= 0.6 is 0 Å². The first kappa shape index (κ1) is 16.2. The molecular formula is C19H21N3O2. The van der Waals surface area contributed by atoms with Crippen LogP contribution in [0.4, 0.5) is 5.82 Å². The molecule has 1 saturated carbocycles. The van der Waals surface area contributed by atoms with E-state index in [0.29, 0.717) is 5.82 Å². The number of likely N-dealkylation sites (N-methyl/N-ethyl adjacent to an activating group) is 1. The summed E-state index contributed by atoms with van der Waals surface area (Å²) in [6.07, 6.45) is 0.855. The highest BCUT2D eigenvalue weighted by molar-refractivity contribution is 5.94. The van der Waals surface area contributed by atoms with Crippen molar-refractivity contribution in [1.29, 1.82) is 0 Å². The van der Waals surface area contributed by atoms with Crippen LogP contribution in [0.5, 0.6) is 0 Å². The number of aryl methyl sites for hydroxylation is 1.